The minimum atomic E-state index is -1.95. The van der Waals surface area contributed by atoms with Crippen LogP contribution in [0.2, 0.25) is 0 Å². The lowest BCUT2D eigenvalue weighted by Gasteiger charge is -2.27. The minimum absolute atomic E-state index is 0.0115. The Morgan fingerprint density at radius 1 is 1.11 bits per heavy atom. The summed E-state index contributed by atoms with van der Waals surface area (Å²) in [7, 11) is 0. The summed E-state index contributed by atoms with van der Waals surface area (Å²) < 4.78 is 30.8. The lowest BCUT2D eigenvalue weighted by atomic mass is 10.1. The Morgan fingerprint density at radius 2 is 1.86 bits per heavy atom. The number of nitrogens with one attached hydrogen (secondary N) is 1. The average Bonchev–Trinajstić information content (AvgIpc) is 3.64. The second-order valence-electron chi connectivity index (χ2n) is 9.61. The molecule has 1 aliphatic heterocycles. The van der Waals surface area contributed by atoms with Crippen LogP contribution < -0.4 is 11.1 Å². The van der Waals surface area contributed by atoms with Crippen molar-refractivity contribution in [1.82, 2.24) is 20.0 Å². The van der Waals surface area contributed by atoms with Crippen LogP contribution in [0.1, 0.15) is 35.3 Å². The Balaban J connectivity index is 1.19. The first-order chi connectivity index (χ1) is 16.8. The average molecular weight is 479 g/mol. The topological polar surface area (TPSA) is 110 Å². The van der Waals surface area contributed by atoms with Crippen molar-refractivity contribution in [2.45, 2.75) is 49.6 Å². The normalized spacial score (nSPS) is 28.6. The second-order valence-corrected chi connectivity index (χ2v) is 9.61. The van der Waals surface area contributed by atoms with E-state index in [-0.39, 0.29) is 42.1 Å². The van der Waals surface area contributed by atoms with E-state index in [1.54, 1.807) is 35.2 Å². The first-order valence-corrected chi connectivity index (χ1v) is 11.6. The number of para-hydroxylation sites is 1. The molecule has 6 rings (SSSR count). The molecule has 0 unspecified atom stereocenters. The number of nitrogens with two attached hydrogens (primary N) is 1. The Hall–Kier alpha value is -3.82. The fraction of sp³-hybridized carbons (Fsp3) is 0.360. The smallest absolute Gasteiger partial charge is 0.269 e. The molecule has 35 heavy (non-hydrogen) atoms. The minimum Gasteiger partial charge on any atom is -0.364 e. The summed E-state index contributed by atoms with van der Waals surface area (Å²) in [5, 5.41) is 7.48. The Bertz CT molecular complexity index is 1390. The van der Waals surface area contributed by atoms with Gasteiger partial charge in [-0.3, -0.25) is 19.1 Å². The van der Waals surface area contributed by atoms with Gasteiger partial charge in [0.05, 0.1) is 11.6 Å². The molecule has 0 bridgehead atoms. The van der Waals surface area contributed by atoms with E-state index in [1.165, 1.54) is 22.9 Å². The SMILES string of the molecule is NC(=O)c1nn(CC(=O)N2[C@@H]3C[C@@H]3C[C@H]2C(=O)N[C@@H]2C[C@@]2(F)c2ccccc2F)c2ccccc12. The molecule has 1 aromatic heterocycles. The Morgan fingerprint density at radius 3 is 2.63 bits per heavy atom. The number of piperidine rings is 1. The molecule has 2 aliphatic carbocycles. The molecule has 2 aromatic carbocycles. The summed E-state index contributed by atoms with van der Waals surface area (Å²) in [4.78, 5) is 39.8. The molecule has 3 fully saturated rings. The third-order valence-corrected chi connectivity index (χ3v) is 7.40. The standard InChI is InChI=1S/C25H23F2N5O3/c26-16-7-3-2-6-15(16)25(27)11-20(25)29-24(35)19-10-13-9-18(13)32(19)21(33)12-31-17-8-4-1-5-14(17)22(30-31)23(28)34/h1-8,13,18-20H,9-12H2,(H2,28,34)(H,29,35)/t13-,18-,19+,20-,25-/m1/s1. The molecule has 1 saturated heterocycles. The van der Waals surface area contributed by atoms with Crippen LogP contribution in [0.5, 0.6) is 0 Å². The number of halogens is 2. The van der Waals surface area contributed by atoms with E-state index >= 15 is 4.39 Å². The number of alkyl halides is 1. The number of hydrogen-bond donors (Lipinski definition) is 2. The molecular weight excluding hydrogens is 456 g/mol. The van der Waals surface area contributed by atoms with Crippen molar-refractivity contribution in [1.29, 1.82) is 0 Å². The predicted octanol–water partition coefficient (Wildman–Crippen LogP) is 2.02. The van der Waals surface area contributed by atoms with E-state index in [1.807, 2.05) is 0 Å². The molecule has 3 aromatic rings. The molecule has 10 heteroatoms. The van der Waals surface area contributed by atoms with Crippen LogP contribution in [0.3, 0.4) is 0 Å². The summed E-state index contributed by atoms with van der Waals surface area (Å²) in [6.45, 7) is -0.160. The molecule has 180 valence electrons. The number of rotatable bonds is 6. The number of fused-ring (bicyclic) bond motifs is 2. The third kappa shape index (κ3) is 3.46. The molecule has 3 N–H and O–H groups in total. The van der Waals surface area contributed by atoms with Gasteiger partial charge in [0.15, 0.2) is 11.4 Å². The van der Waals surface area contributed by atoms with Crippen LogP contribution in [0.15, 0.2) is 48.5 Å². The van der Waals surface area contributed by atoms with Gasteiger partial charge < -0.3 is 16.0 Å². The largest absolute Gasteiger partial charge is 0.364 e. The van der Waals surface area contributed by atoms with Crippen LogP contribution in [0, 0.1) is 11.7 Å². The Kier molecular flexibility index (Phi) is 4.71. The first kappa shape index (κ1) is 21.7. The van der Waals surface area contributed by atoms with Gasteiger partial charge in [-0.25, -0.2) is 8.78 Å². The highest BCUT2D eigenvalue weighted by Gasteiger charge is 2.61. The van der Waals surface area contributed by atoms with Gasteiger partial charge in [-0.05, 0) is 30.9 Å². The van der Waals surface area contributed by atoms with Gasteiger partial charge >= 0.3 is 0 Å². The summed E-state index contributed by atoms with van der Waals surface area (Å²) in [5.74, 6) is -1.86. The number of aromatic nitrogens is 2. The Labute approximate surface area is 199 Å². The first-order valence-electron chi connectivity index (χ1n) is 11.6. The number of benzene rings is 2. The van der Waals surface area contributed by atoms with Gasteiger partial charge in [0, 0.05) is 23.4 Å². The molecule has 2 heterocycles. The lowest BCUT2D eigenvalue weighted by molar-refractivity contribution is -0.140. The highest BCUT2D eigenvalue weighted by atomic mass is 19.2. The second kappa shape index (κ2) is 7.59. The zero-order valence-electron chi connectivity index (χ0n) is 18.7. The maximum atomic E-state index is 15.3. The van der Waals surface area contributed by atoms with Crippen molar-refractivity contribution in [3.63, 3.8) is 0 Å². The van der Waals surface area contributed by atoms with Crippen molar-refractivity contribution >= 4 is 28.6 Å². The maximum absolute atomic E-state index is 15.3. The van der Waals surface area contributed by atoms with Gasteiger partial charge in [-0.15, -0.1) is 0 Å². The molecule has 3 aliphatic rings. The number of amides is 3. The molecule has 8 nitrogen and oxygen atoms in total. The van der Waals surface area contributed by atoms with E-state index < -0.39 is 35.4 Å². The zero-order valence-corrected chi connectivity index (χ0v) is 18.7. The zero-order chi connectivity index (χ0) is 24.5. The number of carbonyl (C=O) groups excluding carboxylic acids is 3. The fourth-order valence-electron chi connectivity index (χ4n) is 5.46. The number of hydrogen-bond acceptors (Lipinski definition) is 4. The highest BCUT2D eigenvalue weighted by Crippen LogP contribution is 2.52. The van der Waals surface area contributed by atoms with Crippen LogP contribution in [-0.4, -0.2) is 50.5 Å². The van der Waals surface area contributed by atoms with Crippen molar-refractivity contribution in [2.24, 2.45) is 11.7 Å². The summed E-state index contributed by atoms with van der Waals surface area (Å²) in [5.41, 5.74) is 4.10. The van der Waals surface area contributed by atoms with E-state index in [4.69, 9.17) is 5.73 Å². The van der Waals surface area contributed by atoms with E-state index in [0.717, 1.165) is 6.42 Å². The molecule has 3 amide bonds. The quantitative estimate of drug-likeness (QED) is 0.564. The number of primary amides is 1. The van der Waals surface area contributed by atoms with Crippen molar-refractivity contribution in [2.75, 3.05) is 0 Å². The molecule has 2 saturated carbocycles. The van der Waals surface area contributed by atoms with Gasteiger partial charge in [0.2, 0.25) is 11.8 Å². The fourth-order valence-corrected chi connectivity index (χ4v) is 5.46. The number of nitrogens with zero attached hydrogens (tertiary/aromatic N) is 3. The van der Waals surface area contributed by atoms with Crippen LogP contribution in [-0.2, 0) is 21.8 Å². The summed E-state index contributed by atoms with van der Waals surface area (Å²) >= 11 is 0. The monoisotopic (exact) mass is 479 g/mol. The lowest BCUT2D eigenvalue weighted by Crippen LogP contribution is -2.50. The maximum Gasteiger partial charge on any atom is 0.269 e. The van der Waals surface area contributed by atoms with Crippen LogP contribution >= 0.6 is 0 Å². The molecule has 0 spiro atoms. The van der Waals surface area contributed by atoms with E-state index in [0.29, 0.717) is 17.3 Å². The van der Waals surface area contributed by atoms with Crippen molar-refractivity contribution < 1.29 is 23.2 Å². The molecule has 5 atom stereocenters. The molecular formula is C25H23F2N5O3. The predicted molar refractivity (Wildman–Crippen MR) is 121 cm³/mol. The van der Waals surface area contributed by atoms with Crippen LogP contribution in [0.4, 0.5) is 8.78 Å². The van der Waals surface area contributed by atoms with Crippen molar-refractivity contribution in [3.8, 4) is 0 Å². The third-order valence-electron chi connectivity index (χ3n) is 7.40. The van der Waals surface area contributed by atoms with Gasteiger partial charge in [0.1, 0.15) is 18.4 Å². The van der Waals surface area contributed by atoms with Gasteiger partial charge in [0.25, 0.3) is 5.91 Å². The summed E-state index contributed by atoms with van der Waals surface area (Å²) in [6, 6.07) is 11.0. The van der Waals surface area contributed by atoms with Crippen LogP contribution in [0.25, 0.3) is 10.9 Å². The molecule has 0 radical (unpaired) electrons. The van der Waals surface area contributed by atoms with Gasteiger partial charge in [-0.2, -0.15) is 5.10 Å². The number of likely N-dealkylation sites (tertiary alicyclic amines) is 1. The highest BCUT2D eigenvalue weighted by molar-refractivity contribution is 6.04. The summed E-state index contributed by atoms with van der Waals surface area (Å²) in [6.07, 6.45) is 1.30. The van der Waals surface area contributed by atoms with E-state index in [9.17, 15) is 18.8 Å². The van der Waals surface area contributed by atoms with E-state index in [2.05, 4.69) is 10.4 Å². The van der Waals surface area contributed by atoms with Crippen molar-refractivity contribution in [3.05, 3.63) is 65.6 Å². The number of carbonyl (C=O) groups is 3. The van der Waals surface area contributed by atoms with Gasteiger partial charge in [-0.1, -0.05) is 36.4 Å².